The topological polar surface area (TPSA) is 74.7 Å². The number of H-pyrrole nitrogens is 2. The van der Waals surface area contributed by atoms with Crippen LogP contribution in [-0.4, -0.2) is 9.97 Å². The van der Waals surface area contributed by atoms with Gasteiger partial charge in [-0.1, -0.05) is 24.3 Å². The Morgan fingerprint density at radius 2 is 1.62 bits per heavy atom. The molecular formula is C17H17N3O. The van der Waals surface area contributed by atoms with E-state index in [1.807, 2.05) is 18.2 Å². The van der Waals surface area contributed by atoms with E-state index in [9.17, 15) is 4.79 Å². The molecule has 4 N–H and O–H groups in total. The van der Waals surface area contributed by atoms with Gasteiger partial charge in [0.1, 0.15) is 0 Å². The summed E-state index contributed by atoms with van der Waals surface area (Å²) in [5.41, 5.74) is 12.9. The molecule has 3 aromatic rings. The predicted octanol–water partition coefficient (Wildman–Crippen LogP) is 2.39. The molecule has 1 heterocycles. The number of aryl methyl sites for hydroxylation is 2. The van der Waals surface area contributed by atoms with Gasteiger partial charge in [-0.3, -0.25) is 0 Å². The molecule has 106 valence electrons. The van der Waals surface area contributed by atoms with E-state index >= 15 is 0 Å². The zero-order valence-electron chi connectivity index (χ0n) is 11.6. The maximum Gasteiger partial charge on any atom is 0.323 e. The van der Waals surface area contributed by atoms with E-state index in [4.69, 9.17) is 5.73 Å². The van der Waals surface area contributed by atoms with Gasteiger partial charge in [-0.25, -0.2) is 4.79 Å². The van der Waals surface area contributed by atoms with Gasteiger partial charge in [0.2, 0.25) is 0 Å². The van der Waals surface area contributed by atoms with E-state index in [2.05, 4.69) is 28.2 Å². The van der Waals surface area contributed by atoms with Crippen LogP contribution in [0, 0.1) is 0 Å². The quantitative estimate of drug-likeness (QED) is 0.674. The Morgan fingerprint density at radius 3 is 2.52 bits per heavy atom. The third kappa shape index (κ3) is 2.08. The Bertz CT molecular complexity index is 875. The first-order valence-corrected chi connectivity index (χ1v) is 7.30. The fourth-order valence-corrected chi connectivity index (χ4v) is 3.22. The second kappa shape index (κ2) is 4.60. The van der Waals surface area contributed by atoms with Gasteiger partial charge in [-0.2, -0.15) is 0 Å². The van der Waals surface area contributed by atoms with Crippen LogP contribution >= 0.6 is 0 Å². The lowest BCUT2D eigenvalue weighted by atomic mass is 9.96. The van der Waals surface area contributed by atoms with Crippen LogP contribution in [0.15, 0.2) is 41.2 Å². The molecule has 1 aliphatic rings. The maximum atomic E-state index is 11.3. The first-order chi connectivity index (χ1) is 10.2. The molecule has 4 rings (SSSR count). The van der Waals surface area contributed by atoms with E-state index < -0.39 is 0 Å². The number of benzene rings is 2. The molecule has 1 aliphatic carbocycles. The van der Waals surface area contributed by atoms with Crippen LogP contribution in [0.3, 0.4) is 0 Å². The molecule has 0 amide bonds. The molecule has 0 saturated heterocycles. The van der Waals surface area contributed by atoms with Crippen LogP contribution in [0.2, 0.25) is 0 Å². The summed E-state index contributed by atoms with van der Waals surface area (Å²) in [4.78, 5) is 16.9. The number of aromatic nitrogens is 2. The Kier molecular flexibility index (Phi) is 2.72. The summed E-state index contributed by atoms with van der Waals surface area (Å²) in [6.07, 6.45) is 3.58. The predicted molar refractivity (Wildman–Crippen MR) is 83.4 cm³/mol. The zero-order valence-corrected chi connectivity index (χ0v) is 11.6. The van der Waals surface area contributed by atoms with Gasteiger partial charge in [0.05, 0.1) is 17.1 Å². The minimum atomic E-state index is -0.187. The number of fused-ring (bicyclic) bond motifs is 2. The van der Waals surface area contributed by atoms with Gasteiger partial charge < -0.3 is 15.7 Å². The molecule has 4 heteroatoms. The average molecular weight is 279 g/mol. The minimum Gasteiger partial charge on any atom is -0.320 e. The summed E-state index contributed by atoms with van der Waals surface area (Å²) in [7, 11) is 0. The van der Waals surface area contributed by atoms with Crippen molar-refractivity contribution in [2.75, 3.05) is 0 Å². The van der Waals surface area contributed by atoms with Crippen molar-refractivity contribution in [1.82, 2.24) is 9.97 Å². The number of rotatable bonds is 2. The van der Waals surface area contributed by atoms with Crippen LogP contribution in [0.5, 0.6) is 0 Å². The summed E-state index contributed by atoms with van der Waals surface area (Å²) in [6, 6.07) is 12.2. The highest BCUT2D eigenvalue weighted by Gasteiger charge is 2.15. The van der Waals surface area contributed by atoms with Crippen molar-refractivity contribution in [2.24, 2.45) is 5.73 Å². The lowest BCUT2D eigenvalue weighted by molar-refractivity contribution is 0.868. The summed E-state index contributed by atoms with van der Waals surface area (Å²) in [6.45, 7) is 0. The van der Waals surface area contributed by atoms with Gasteiger partial charge in [-0.05, 0) is 53.6 Å². The highest BCUT2D eigenvalue weighted by atomic mass is 16.1. The molecule has 1 atom stereocenters. The van der Waals surface area contributed by atoms with Crippen molar-refractivity contribution in [1.29, 1.82) is 0 Å². The van der Waals surface area contributed by atoms with E-state index in [1.54, 1.807) is 0 Å². The molecule has 0 fully saturated rings. The van der Waals surface area contributed by atoms with E-state index in [0.717, 1.165) is 28.6 Å². The second-order valence-electron chi connectivity index (χ2n) is 5.74. The van der Waals surface area contributed by atoms with Gasteiger partial charge in [0.15, 0.2) is 0 Å². The average Bonchev–Trinajstić information content (AvgIpc) is 3.09. The van der Waals surface area contributed by atoms with Crippen LogP contribution < -0.4 is 11.4 Å². The van der Waals surface area contributed by atoms with Crippen molar-refractivity contribution in [3.8, 4) is 0 Å². The normalized spacial score (nSPS) is 15.3. The van der Waals surface area contributed by atoms with Crippen molar-refractivity contribution < 1.29 is 0 Å². The van der Waals surface area contributed by atoms with Gasteiger partial charge in [-0.15, -0.1) is 0 Å². The fourth-order valence-electron chi connectivity index (χ4n) is 3.22. The second-order valence-corrected chi connectivity index (χ2v) is 5.74. The molecule has 0 bridgehead atoms. The summed E-state index contributed by atoms with van der Waals surface area (Å²) in [5.74, 6) is 0. The number of hydrogen-bond acceptors (Lipinski definition) is 2. The highest BCUT2D eigenvalue weighted by Crippen LogP contribution is 2.28. The number of imidazole rings is 1. The zero-order chi connectivity index (χ0) is 14.4. The monoisotopic (exact) mass is 279 g/mol. The first kappa shape index (κ1) is 12.4. The van der Waals surface area contributed by atoms with Crippen LogP contribution in [0.25, 0.3) is 11.0 Å². The van der Waals surface area contributed by atoms with Crippen molar-refractivity contribution in [2.45, 2.75) is 25.3 Å². The maximum absolute atomic E-state index is 11.3. The van der Waals surface area contributed by atoms with Crippen LogP contribution in [-0.2, 0) is 12.8 Å². The smallest absolute Gasteiger partial charge is 0.320 e. The van der Waals surface area contributed by atoms with E-state index in [1.165, 1.54) is 24.0 Å². The lowest BCUT2D eigenvalue weighted by Crippen LogP contribution is -2.12. The Balaban J connectivity index is 1.75. The molecular weight excluding hydrogens is 262 g/mol. The minimum absolute atomic E-state index is 0.168. The van der Waals surface area contributed by atoms with Crippen LogP contribution in [0.4, 0.5) is 0 Å². The molecule has 1 aromatic heterocycles. The number of nitrogens with two attached hydrogens (primary N) is 1. The first-order valence-electron chi connectivity index (χ1n) is 7.30. The Hall–Kier alpha value is -2.33. The largest absolute Gasteiger partial charge is 0.323 e. The number of hydrogen-bond donors (Lipinski definition) is 3. The molecule has 1 unspecified atom stereocenters. The van der Waals surface area contributed by atoms with E-state index in [0.29, 0.717) is 0 Å². The Morgan fingerprint density at radius 1 is 0.905 bits per heavy atom. The van der Waals surface area contributed by atoms with Crippen LogP contribution in [0.1, 0.15) is 34.7 Å². The molecule has 0 radical (unpaired) electrons. The standard InChI is InChI=1S/C17H17N3O/c18-16(12-5-4-10-2-1-3-11(10)8-12)13-6-7-14-15(9-13)20-17(21)19-14/h4-9,16H,1-3,18H2,(H2,19,20,21). The summed E-state index contributed by atoms with van der Waals surface area (Å²) >= 11 is 0. The number of aromatic amines is 2. The molecule has 0 aliphatic heterocycles. The molecule has 21 heavy (non-hydrogen) atoms. The lowest BCUT2D eigenvalue weighted by Gasteiger charge is -2.14. The molecule has 0 saturated carbocycles. The van der Waals surface area contributed by atoms with Gasteiger partial charge in [0, 0.05) is 0 Å². The molecule has 2 aromatic carbocycles. The van der Waals surface area contributed by atoms with Crippen molar-refractivity contribution >= 4 is 11.0 Å². The third-order valence-electron chi connectivity index (χ3n) is 4.38. The Labute approximate surface area is 122 Å². The van der Waals surface area contributed by atoms with Gasteiger partial charge >= 0.3 is 5.69 Å². The SMILES string of the molecule is NC(c1ccc2c(c1)CCC2)c1ccc2[nH]c(=O)[nH]c2c1. The fraction of sp³-hybridized carbons (Fsp3) is 0.235. The van der Waals surface area contributed by atoms with Crippen molar-refractivity contribution in [3.63, 3.8) is 0 Å². The van der Waals surface area contributed by atoms with E-state index in [-0.39, 0.29) is 11.7 Å². The highest BCUT2D eigenvalue weighted by molar-refractivity contribution is 5.75. The summed E-state index contributed by atoms with van der Waals surface area (Å²) < 4.78 is 0. The summed E-state index contributed by atoms with van der Waals surface area (Å²) in [5, 5.41) is 0. The number of nitrogens with one attached hydrogen (secondary N) is 2. The van der Waals surface area contributed by atoms with Gasteiger partial charge in [0.25, 0.3) is 0 Å². The molecule has 0 spiro atoms. The third-order valence-corrected chi connectivity index (χ3v) is 4.38. The van der Waals surface area contributed by atoms with Crippen molar-refractivity contribution in [3.05, 3.63) is 69.1 Å². The molecule has 4 nitrogen and oxygen atoms in total.